The van der Waals surface area contributed by atoms with Gasteiger partial charge in [-0.25, -0.2) is 9.78 Å². The molecule has 4 rings (SSSR count). The first-order chi connectivity index (χ1) is 16.1. The second kappa shape index (κ2) is 11.2. The predicted octanol–water partition coefficient (Wildman–Crippen LogP) is 4.64. The molecule has 2 heterocycles. The van der Waals surface area contributed by atoms with E-state index in [0.717, 1.165) is 35.9 Å². The first-order valence-electron chi connectivity index (χ1n) is 11.1. The van der Waals surface area contributed by atoms with Gasteiger partial charge in [-0.3, -0.25) is 4.79 Å². The van der Waals surface area contributed by atoms with Gasteiger partial charge in [0.2, 0.25) is 5.91 Å². The molecule has 1 fully saturated rings. The molecule has 1 aromatic heterocycles. The second-order valence-electron chi connectivity index (χ2n) is 7.67. The van der Waals surface area contributed by atoms with Gasteiger partial charge in [0.1, 0.15) is 0 Å². The third-order valence-electron chi connectivity index (χ3n) is 5.31. The quantitative estimate of drug-likeness (QED) is 0.366. The van der Waals surface area contributed by atoms with Gasteiger partial charge in [0, 0.05) is 12.3 Å². The number of carbonyl (C=O) groups is 2. The van der Waals surface area contributed by atoms with Gasteiger partial charge in [-0.05, 0) is 49.6 Å². The number of imidazole rings is 1. The van der Waals surface area contributed by atoms with Gasteiger partial charge in [0.25, 0.3) is 0 Å². The van der Waals surface area contributed by atoms with Crippen molar-refractivity contribution in [2.75, 3.05) is 24.3 Å². The van der Waals surface area contributed by atoms with Crippen molar-refractivity contribution in [3.8, 4) is 11.3 Å². The minimum absolute atomic E-state index is 0.142. The lowest BCUT2D eigenvalue weighted by molar-refractivity contribution is -0.113. The molecular weight excluding hydrogens is 438 g/mol. The van der Waals surface area contributed by atoms with Gasteiger partial charge >= 0.3 is 5.97 Å². The third-order valence-corrected chi connectivity index (χ3v) is 6.30. The van der Waals surface area contributed by atoms with E-state index in [2.05, 4.69) is 27.0 Å². The number of nitrogens with one attached hydrogen (secondary N) is 1. The Labute approximate surface area is 197 Å². The average molecular weight is 466 g/mol. The normalized spacial score (nSPS) is 15.4. The SMILES string of the molecule is CCOC(=O)c1ccc(NC(=O)CSc2ncc(-c3ccccc3)n2C[C@@H]2CCCO2)cc1. The van der Waals surface area contributed by atoms with Gasteiger partial charge in [-0.15, -0.1) is 0 Å². The average Bonchev–Trinajstić information content (AvgIpc) is 3.49. The van der Waals surface area contributed by atoms with E-state index >= 15 is 0 Å². The summed E-state index contributed by atoms with van der Waals surface area (Å²) >= 11 is 1.40. The summed E-state index contributed by atoms with van der Waals surface area (Å²) in [5, 5.41) is 3.66. The number of esters is 1. The Bertz CT molecular complexity index is 1080. The van der Waals surface area contributed by atoms with Crippen LogP contribution in [0.15, 0.2) is 66.0 Å². The Morgan fingerprint density at radius 2 is 1.97 bits per heavy atom. The van der Waals surface area contributed by atoms with Crippen LogP contribution in [-0.2, 0) is 20.8 Å². The first-order valence-corrected chi connectivity index (χ1v) is 12.0. The fourth-order valence-electron chi connectivity index (χ4n) is 3.71. The molecule has 1 aliphatic heterocycles. The number of hydrogen-bond donors (Lipinski definition) is 1. The second-order valence-corrected chi connectivity index (χ2v) is 8.61. The number of aromatic nitrogens is 2. The zero-order chi connectivity index (χ0) is 23.0. The monoisotopic (exact) mass is 465 g/mol. The highest BCUT2D eigenvalue weighted by molar-refractivity contribution is 7.99. The number of anilines is 1. The van der Waals surface area contributed by atoms with Crippen LogP contribution in [0.5, 0.6) is 0 Å². The van der Waals surface area contributed by atoms with Crippen molar-refractivity contribution in [1.29, 1.82) is 0 Å². The molecular formula is C25H27N3O4S. The molecule has 0 radical (unpaired) electrons. The van der Waals surface area contributed by atoms with Crippen LogP contribution in [0.4, 0.5) is 5.69 Å². The van der Waals surface area contributed by atoms with Crippen molar-refractivity contribution in [2.24, 2.45) is 0 Å². The van der Waals surface area contributed by atoms with E-state index in [1.54, 1.807) is 31.2 Å². The molecule has 1 saturated heterocycles. The van der Waals surface area contributed by atoms with Crippen LogP contribution in [-0.4, -0.2) is 46.5 Å². The van der Waals surface area contributed by atoms with Crippen molar-refractivity contribution in [2.45, 2.75) is 37.6 Å². The van der Waals surface area contributed by atoms with Crippen molar-refractivity contribution < 1.29 is 19.1 Å². The maximum absolute atomic E-state index is 12.6. The van der Waals surface area contributed by atoms with E-state index < -0.39 is 0 Å². The topological polar surface area (TPSA) is 82.5 Å². The fraction of sp³-hybridized carbons (Fsp3) is 0.320. The molecule has 7 nitrogen and oxygen atoms in total. The molecule has 8 heteroatoms. The predicted molar refractivity (Wildman–Crippen MR) is 128 cm³/mol. The molecule has 0 bridgehead atoms. The van der Waals surface area contributed by atoms with Gasteiger partial charge < -0.3 is 19.4 Å². The highest BCUT2D eigenvalue weighted by Crippen LogP contribution is 2.28. The minimum Gasteiger partial charge on any atom is -0.462 e. The van der Waals surface area contributed by atoms with Gasteiger partial charge in [-0.1, -0.05) is 42.1 Å². The van der Waals surface area contributed by atoms with E-state index in [0.29, 0.717) is 24.4 Å². The van der Waals surface area contributed by atoms with E-state index in [9.17, 15) is 9.59 Å². The molecule has 0 aliphatic carbocycles. The number of carbonyl (C=O) groups excluding carboxylic acids is 2. The van der Waals surface area contributed by atoms with Crippen LogP contribution >= 0.6 is 11.8 Å². The molecule has 0 saturated carbocycles. The van der Waals surface area contributed by atoms with Crippen LogP contribution in [0.2, 0.25) is 0 Å². The Morgan fingerprint density at radius 1 is 1.18 bits per heavy atom. The molecule has 0 unspecified atom stereocenters. The fourth-order valence-corrected chi connectivity index (χ4v) is 4.50. The number of rotatable bonds is 9. The van der Waals surface area contributed by atoms with E-state index in [-0.39, 0.29) is 23.7 Å². The number of thioether (sulfide) groups is 1. The van der Waals surface area contributed by atoms with Crippen LogP contribution in [0.3, 0.4) is 0 Å². The van der Waals surface area contributed by atoms with Gasteiger partial charge in [0.15, 0.2) is 5.16 Å². The van der Waals surface area contributed by atoms with E-state index in [4.69, 9.17) is 9.47 Å². The molecule has 2 aromatic carbocycles. The molecule has 33 heavy (non-hydrogen) atoms. The van der Waals surface area contributed by atoms with Crippen molar-refractivity contribution in [3.05, 3.63) is 66.4 Å². The Hall–Kier alpha value is -3.10. The Kier molecular flexibility index (Phi) is 7.80. The summed E-state index contributed by atoms with van der Waals surface area (Å²) in [5.74, 6) is -0.300. The number of ether oxygens (including phenoxy) is 2. The summed E-state index contributed by atoms with van der Waals surface area (Å²) in [4.78, 5) is 28.9. The highest BCUT2D eigenvalue weighted by atomic mass is 32.2. The van der Waals surface area contributed by atoms with Crippen LogP contribution < -0.4 is 5.32 Å². The van der Waals surface area contributed by atoms with Crippen LogP contribution in [0.1, 0.15) is 30.1 Å². The lowest BCUT2D eigenvalue weighted by Crippen LogP contribution is -2.18. The van der Waals surface area contributed by atoms with Crippen molar-refractivity contribution in [1.82, 2.24) is 9.55 Å². The maximum atomic E-state index is 12.6. The van der Waals surface area contributed by atoms with Crippen LogP contribution in [0.25, 0.3) is 11.3 Å². The van der Waals surface area contributed by atoms with Crippen molar-refractivity contribution in [3.63, 3.8) is 0 Å². The molecule has 1 aliphatic rings. The zero-order valence-electron chi connectivity index (χ0n) is 18.5. The smallest absolute Gasteiger partial charge is 0.338 e. The zero-order valence-corrected chi connectivity index (χ0v) is 19.3. The molecule has 172 valence electrons. The number of hydrogen-bond acceptors (Lipinski definition) is 6. The van der Waals surface area contributed by atoms with Crippen molar-refractivity contribution >= 4 is 29.3 Å². The maximum Gasteiger partial charge on any atom is 0.338 e. The molecule has 1 atom stereocenters. The third kappa shape index (κ3) is 6.03. The lowest BCUT2D eigenvalue weighted by Gasteiger charge is -2.16. The Balaban J connectivity index is 1.41. The largest absolute Gasteiger partial charge is 0.462 e. The molecule has 1 N–H and O–H groups in total. The Morgan fingerprint density at radius 3 is 2.67 bits per heavy atom. The van der Waals surface area contributed by atoms with Crippen LogP contribution in [0, 0.1) is 0 Å². The summed E-state index contributed by atoms with van der Waals surface area (Å²) in [5.41, 5.74) is 3.18. The standard InChI is InChI=1S/C25H27N3O4S/c1-2-31-24(30)19-10-12-20(13-11-19)27-23(29)17-33-25-26-15-22(18-7-4-3-5-8-18)28(25)16-21-9-6-14-32-21/h3-5,7-8,10-13,15,21H,2,6,9,14,16-17H2,1H3,(H,27,29)/t21-/m0/s1. The highest BCUT2D eigenvalue weighted by Gasteiger charge is 2.21. The number of nitrogens with zero attached hydrogens (tertiary/aromatic N) is 2. The number of amides is 1. The lowest BCUT2D eigenvalue weighted by atomic mass is 10.1. The van der Waals surface area contributed by atoms with Gasteiger partial charge in [0.05, 0.1) is 42.5 Å². The number of benzene rings is 2. The summed E-state index contributed by atoms with van der Waals surface area (Å²) in [7, 11) is 0. The summed E-state index contributed by atoms with van der Waals surface area (Å²) in [6, 6.07) is 16.8. The van der Waals surface area contributed by atoms with E-state index in [1.165, 1.54) is 11.8 Å². The summed E-state index contributed by atoms with van der Waals surface area (Å²) in [6.07, 6.45) is 4.12. The van der Waals surface area contributed by atoms with E-state index in [1.807, 2.05) is 24.4 Å². The molecule has 0 spiro atoms. The van der Waals surface area contributed by atoms with Gasteiger partial charge in [-0.2, -0.15) is 0 Å². The summed E-state index contributed by atoms with van der Waals surface area (Å²) < 4.78 is 13.0. The molecule has 3 aromatic rings. The summed E-state index contributed by atoms with van der Waals surface area (Å²) in [6.45, 7) is 3.59. The minimum atomic E-state index is -0.377. The molecule has 1 amide bonds. The first kappa shape index (κ1) is 23.1.